The van der Waals surface area contributed by atoms with E-state index in [-0.39, 0.29) is 17.0 Å². The predicted molar refractivity (Wildman–Crippen MR) is 106 cm³/mol. The Labute approximate surface area is 166 Å². The molecule has 0 saturated carbocycles. The van der Waals surface area contributed by atoms with E-state index in [1.807, 2.05) is 10.6 Å². The van der Waals surface area contributed by atoms with Crippen molar-refractivity contribution in [1.82, 2.24) is 18.5 Å². The normalized spacial score (nSPS) is 11.7. The summed E-state index contributed by atoms with van der Waals surface area (Å²) in [6, 6.07) is 5.59. The summed E-state index contributed by atoms with van der Waals surface area (Å²) in [6.45, 7) is 1.04. The number of imidazole rings is 1. The summed E-state index contributed by atoms with van der Waals surface area (Å²) in [4.78, 5) is 16.0. The second-order valence-electron chi connectivity index (χ2n) is 6.13. The summed E-state index contributed by atoms with van der Waals surface area (Å²) in [7, 11) is -3.84. The van der Waals surface area contributed by atoms with Gasteiger partial charge in [0.1, 0.15) is 0 Å². The first kappa shape index (κ1) is 20.2. The van der Waals surface area contributed by atoms with E-state index in [0.29, 0.717) is 6.42 Å². The number of sulfonamides is 1. The van der Waals surface area contributed by atoms with Gasteiger partial charge >= 0.3 is 5.97 Å². The van der Waals surface area contributed by atoms with Gasteiger partial charge in [-0.25, -0.2) is 22.9 Å². The molecule has 0 atom stereocenters. The number of fused-ring (bicyclic) bond motifs is 1. The van der Waals surface area contributed by atoms with E-state index in [0.717, 1.165) is 36.7 Å². The smallest absolute Gasteiger partial charge is 0.337 e. The van der Waals surface area contributed by atoms with E-state index in [2.05, 4.69) is 19.4 Å². The van der Waals surface area contributed by atoms with E-state index in [9.17, 15) is 13.2 Å². The highest BCUT2D eigenvalue weighted by atomic mass is 32.2. The van der Waals surface area contributed by atoms with Crippen molar-refractivity contribution in [3.8, 4) is 0 Å². The zero-order chi connectivity index (χ0) is 20.0. The van der Waals surface area contributed by atoms with Gasteiger partial charge in [-0.05, 0) is 25.0 Å². The fraction of sp³-hybridized carbons (Fsp3) is 0.353. The van der Waals surface area contributed by atoms with Crippen LogP contribution in [0.1, 0.15) is 36.0 Å². The first-order valence-electron chi connectivity index (χ1n) is 8.83. The van der Waals surface area contributed by atoms with Crippen LogP contribution in [0.4, 0.5) is 5.95 Å². The predicted octanol–water partition coefficient (Wildman–Crippen LogP) is 2.44. The van der Waals surface area contributed by atoms with Crippen LogP contribution in [0.2, 0.25) is 0 Å². The van der Waals surface area contributed by atoms with Crippen molar-refractivity contribution in [2.45, 2.75) is 30.6 Å². The molecule has 28 heavy (non-hydrogen) atoms. The zero-order valence-corrected chi connectivity index (χ0v) is 16.7. The molecule has 0 aliphatic carbocycles. The Morgan fingerprint density at radius 3 is 2.68 bits per heavy atom. The van der Waals surface area contributed by atoms with E-state index in [4.69, 9.17) is 5.11 Å². The lowest BCUT2D eigenvalue weighted by atomic mass is 10.2. The van der Waals surface area contributed by atoms with Crippen molar-refractivity contribution in [2.75, 3.05) is 18.4 Å². The Hall–Kier alpha value is -2.50. The number of benzene rings is 1. The molecule has 11 heteroatoms. The van der Waals surface area contributed by atoms with Crippen LogP contribution in [-0.4, -0.2) is 46.3 Å². The van der Waals surface area contributed by atoms with Gasteiger partial charge in [0, 0.05) is 37.0 Å². The molecule has 3 rings (SSSR count). The highest BCUT2D eigenvalue weighted by Crippen LogP contribution is 2.16. The summed E-state index contributed by atoms with van der Waals surface area (Å²) in [5, 5.41) is 12.4. The molecule has 0 fully saturated rings. The van der Waals surface area contributed by atoms with E-state index >= 15 is 0 Å². The minimum atomic E-state index is -3.84. The van der Waals surface area contributed by atoms with Crippen LogP contribution in [0.15, 0.2) is 41.6 Å². The SMILES string of the molecule is O=C(O)c1ccccc1S(=O)(=O)NCCCCCCNc1nsc2nccn12. The second-order valence-corrected chi connectivity index (χ2v) is 8.59. The Bertz CT molecular complexity index is 1040. The van der Waals surface area contributed by atoms with Crippen molar-refractivity contribution in [3.63, 3.8) is 0 Å². The number of hydrogen-bond acceptors (Lipinski definition) is 7. The Kier molecular flexibility index (Phi) is 6.60. The van der Waals surface area contributed by atoms with Crippen LogP contribution in [0.5, 0.6) is 0 Å². The second kappa shape index (κ2) is 9.13. The summed E-state index contributed by atoms with van der Waals surface area (Å²) in [5.74, 6) is -0.482. The molecule has 0 aliphatic rings. The summed E-state index contributed by atoms with van der Waals surface area (Å²) < 4.78 is 33.3. The number of nitrogens with one attached hydrogen (secondary N) is 2. The number of rotatable bonds is 11. The molecule has 3 N–H and O–H groups in total. The number of anilines is 1. The maximum absolute atomic E-state index is 12.3. The molecule has 2 aromatic heterocycles. The van der Waals surface area contributed by atoms with Gasteiger partial charge in [-0.15, -0.1) is 0 Å². The third-order valence-corrected chi connectivity index (χ3v) is 6.38. The van der Waals surface area contributed by atoms with E-state index in [1.165, 1.54) is 35.8 Å². The maximum atomic E-state index is 12.3. The first-order chi connectivity index (χ1) is 13.5. The standard InChI is InChI=1S/C17H21N5O4S2/c23-15(24)13-7-3-4-8-14(13)28(25,26)20-10-6-2-1-5-9-18-16-21-27-17-19-11-12-22(16)17/h3-4,7-8,11-12,20H,1-2,5-6,9-10H2,(H,18,21)(H,23,24). The highest BCUT2D eigenvalue weighted by molar-refractivity contribution is 7.89. The molecule has 0 saturated heterocycles. The van der Waals surface area contributed by atoms with E-state index < -0.39 is 16.0 Å². The van der Waals surface area contributed by atoms with Gasteiger partial charge in [0.05, 0.1) is 10.5 Å². The molecular weight excluding hydrogens is 402 g/mol. The van der Waals surface area contributed by atoms with Gasteiger partial charge in [-0.1, -0.05) is 25.0 Å². The van der Waals surface area contributed by atoms with Gasteiger partial charge in [0.25, 0.3) is 0 Å². The Morgan fingerprint density at radius 2 is 1.89 bits per heavy atom. The molecule has 0 aliphatic heterocycles. The van der Waals surface area contributed by atoms with Crippen LogP contribution in [-0.2, 0) is 10.0 Å². The molecule has 0 unspecified atom stereocenters. The average molecular weight is 424 g/mol. The summed E-state index contributed by atoms with van der Waals surface area (Å²) >= 11 is 1.34. The average Bonchev–Trinajstić information content (AvgIpc) is 3.28. The van der Waals surface area contributed by atoms with Crippen LogP contribution >= 0.6 is 11.5 Å². The highest BCUT2D eigenvalue weighted by Gasteiger charge is 2.21. The van der Waals surface area contributed by atoms with Gasteiger partial charge < -0.3 is 10.4 Å². The maximum Gasteiger partial charge on any atom is 0.337 e. The topological polar surface area (TPSA) is 126 Å². The monoisotopic (exact) mass is 423 g/mol. The molecular formula is C17H21N5O4S2. The van der Waals surface area contributed by atoms with E-state index in [1.54, 1.807) is 6.20 Å². The molecule has 0 radical (unpaired) electrons. The van der Waals surface area contributed by atoms with Gasteiger partial charge in [-0.2, -0.15) is 4.37 Å². The van der Waals surface area contributed by atoms with Crippen LogP contribution in [0, 0.1) is 0 Å². The first-order valence-corrected chi connectivity index (χ1v) is 11.1. The fourth-order valence-corrected chi connectivity index (χ4v) is 4.66. The van der Waals surface area contributed by atoms with Gasteiger partial charge in [-0.3, -0.25) is 4.40 Å². The number of carbonyl (C=O) groups is 1. The van der Waals surface area contributed by atoms with Gasteiger partial charge in [0.2, 0.25) is 20.9 Å². The molecule has 2 heterocycles. The number of aromatic nitrogens is 3. The van der Waals surface area contributed by atoms with Crippen molar-refractivity contribution in [1.29, 1.82) is 0 Å². The molecule has 0 bridgehead atoms. The Morgan fingerprint density at radius 1 is 1.14 bits per heavy atom. The number of aromatic carboxylic acids is 1. The number of carboxylic acids is 1. The van der Waals surface area contributed by atoms with Crippen molar-refractivity contribution >= 4 is 38.4 Å². The molecule has 150 valence electrons. The third kappa shape index (κ3) is 4.86. The summed E-state index contributed by atoms with van der Waals surface area (Å²) in [6.07, 6.45) is 7.00. The minimum absolute atomic E-state index is 0.208. The lowest BCUT2D eigenvalue weighted by Crippen LogP contribution is -2.26. The number of unbranched alkanes of at least 4 members (excludes halogenated alkanes) is 3. The quantitative estimate of drug-likeness (QED) is 0.404. The lowest BCUT2D eigenvalue weighted by molar-refractivity contribution is 0.0692. The van der Waals surface area contributed by atoms with Crippen LogP contribution in [0.3, 0.4) is 0 Å². The largest absolute Gasteiger partial charge is 0.478 e. The minimum Gasteiger partial charge on any atom is -0.478 e. The lowest BCUT2D eigenvalue weighted by Gasteiger charge is -2.09. The van der Waals surface area contributed by atoms with Crippen LogP contribution in [0.25, 0.3) is 4.96 Å². The van der Waals surface area contributed by atoms with Crippen LogP contribution < -0.4 is 10.0 Å². The molecule has 0 amide bonds. The number of carboxylic acid groups (broad SMARTS) is 1. The molecule has 3 aromatic rings. The molecule has 9 nitrogen and oxygen atoms in total. The summed E-state index contributed by atoms with van der Waals surface area (Å²) in [5.41, 5.74) is -0.227. The van der Waals surface area contributed by atoms with Crippen molar-refractivity contribution < 1.29 is 18.3 Å². The van der Waals surface area contributed by atoms with Gasteiger partial charge in [0.15, 0.2) is 0 Å². The fourth-order valence-electron chi connectivity index (χ4n) is 2.73. The third-order valence-electron chi connectivity index (χ3n) is 4.13. The van der Waals surface area contributed by atoms with Crippen molar-refractivity contribution in [2.24, 2.45) is 0 Å². The number of nitrogens with zero attached hydrogens (tertiary/aromatic N) is 3. The molecule has 0 spiro atoms. The number of hydrogen-bond donors (Lipinski definition) is 3. The molecule has 1 aromatic carbocycles. The zero-order valence-electron chi connectivity index (χ0n) is 15.0. The Balaban J connectivity index is 1.35. The van der Waals surface area contributed by atoms with Crippen molar-refractivity contribution in [3.05, 3.63) is 42.2 Å².